The maximum atomic E-state index is 6.60. The van der Waals surface area contributed by atoms with Crippen LogP contribution in [0.2, 0.25) is 0 Å². The van der Waals surface area contributed by atoms with Gasteiger partial charge >= 0.3 is 0 Å². The molecular formula is C48H40N8O2. The fourth-order valence-corrected chi connectivity index (χ4v) is 7.94. The fourth-order valence-electron chi connectivity index (χ4n) is 7.94. The number of benzene rings is 4. The molecule has 6 heterocycles. The molecule has 10 aromatic rings. The monoisotopic (exact) mass is 760 g/mol. The van der Waals surface area contributed by atoms with Crippen LogP contribution in [0.5, 0.6) is 23.0 Å². The predicted octanol–water partition coefficient (Wildman–Crippen LogP) is 11.1. The average molecular weight is 761 g/mol. The lowest BCUT2D eigenvalue weighted by Crippen LogP contribution is -1.97. The highest BCUT2D eigenvalue weighted by molar-refractivity contribution is 6.20. The second-order valence-electron chi connectivity index (χ2n) is 14.7. The fraction of sp³-hybridized carbons (Fsp3) is 0.125. The molecule has 0 N–H and O–H groups in total. The third-order valence-electron chi connectivity index (χ3n) is 11.3. The topological polar surface area (TPSA) is 89.7 Å². The highest BCUT2D eigenvalue weighted by Crippen LogP contribution is 2.43. The van der Waals surface area contributed by atoms with Gasteiger partial charge in [-0.2, -0.15) is 0 Å². The molecule has 0 fully saturated rings. The van der Waals surface area contributed by atoms with E-state index in [4.69, 9.17) is 29.4 Å². The van der Waals surface area contributed by atoms with E-state index in [1.54, 1.807) is 0 Å². The summed E-state index contributed by atoms with van der Waals surface area (Å²) in [4.78, 5) is 19.4. The van der Waals surface area contributed by atoms with Crippen molar-refractivity contribution >= 4 is 32.8 Å². The van der Waals surface area contributed by atoms with Crippen molar-refractivity contribution in [2.75, 3.05) is 0 Å². The molecule has 0 bridgehead atoms. The van der Waals surface area contributed by atoms with Gasteiger partial charge in [0, 0.05) is 71.9 Å². The maximum Gasteiger partial charge on any atom is 0.140 e. The Hall–Kier alpha value is -7.46. The molecule has 0 radical (unpaired) electrons. The number of nitrogens with zero attached hydrogens (tertiary/aromatic N) is 8. The number of pyridine rings is 2. The molecular weight excluding hydrogens is 721 g/mol. The summed E-state index contributed by atoms with van der Waals surface area (Å²) in [6.45, 7) is 8.24. The first-order valence-corrected chi connectivity index (χ1v) is 19.3. The first-order valence-electron chi connectivity index (χ1n) is 19.3. The summed E-state index contributed by atoms with van der Waals surface area (Å²) in [5.41, 5.74) is 10.2. The van der Waals surface area contributed by atoms with Gasteiger partial charge in [-0.1, -0.05) is 36.4 Å². The molecule has 4 aromatic carbocycles. The Morgan fingerprint density at radius 3 is 1.26 bits per heavy atom. The molecule has 58 heavy (non-hydrogen) atoms. The molecule has 10 nitrogen and oxygen atoms in total. The van der Waals surface area contributed by atoms with Gasteiger partial charge in [0.05, 0.1) is 33.5 Å². The van der Waals surface area contributed by atoms with Crippen molar-refractivity contribution in [3.05, 3.63) is 156 Å². The van der Waals surface area contributed by atoms with Gasteiger partial charge in [-0.3, -0.25) is 9.13 Å². The molecule has 0 saturated carbocycles. The van der Waals surface area contributed by atoms with E-state index >= 15 is 0 Å². The van der Waals surface area contributed by atoms with E-state index in [1.807, 2.05) is 125 Å². The van der Waals surface area contributed by atoms with Crippen LogP contribution in [-0.4, -0.2) is 38.2 Å². The highest BCUT2D eigenvalue weighted by atomic mass is 16.5. The summed E-state index contributed by atoms with van der Waals surface area (Å²) in [6, 6.07) is 40.6. The zero-order chi connectivity index (χ0) is 39.7. The van der Waals surface area contributed by atoms with Gasteiger partial charge in [-0.15, -0.1) is 0 Å². The first kappa shape index (κ1) is 35.0. The van der Waals surface area contributed by atoms with Crippen molar-refractivity contribution in [2.45, 2.75) is 27.7 Å². The number of imidazole rings is 2. The van der Waals surface area contributed by atoms with Crippen LogP contribution in [0.4, 0.5) is 0 Å². The summed E-state index contributed by atoms with van der Waals surface area (Å²) in [7, 11) is 4.09. The van der Waals surface area contributed by atoms with Crippen molar-refractivity contribution in [2.24, 2.45) is 14.1 Å². The van der Waals surface area contributed by atoms with Crippen LogP contribution in [0.1, 0.15) is 22.8 Å². The van der Waals surface area contributed by atoms with Crippen LogP contribution in [-0.2, 0) is 14.1 Å². The average Bonchev–Trinajstić information content (AvgIpc) is 3.92. The molecule has 284 valence electrons. The van der Waals surface area contributed by atoms with Crippen molar-refractivity contribution in [1.82, 2.24) is 38.2 Å². The Morgan fingerprint density at radius 1 is 0.448 bits per heavy atom. The minimum atomic E-state index is 0.705. The van der Waals surface area contributed by atoms with Crippen LogP contribution in [0.3, 0.4) is 0 Å². The molecule has 0 aliphatic heterocycles. The van der Waals surface area contributed by atoms with E-state index in [1.165, 1.54) is 0 Å². The molecule has 0 amide bonds. The second kappa shape index (κ2) is 13.6. The van der Waals surface area contributed by atoms with Crippen molar-refractivity contribution in [3.8, 4) is 57.4 Å². The van der Waals surface area contributed by atoms with E-state index in [0.717, 1.165) is 102 Å². The minimum absolute atomic E-state index is 0.705. The van der Waals surface area contributed by atoms with Crippen molar-refractivity contribution in [1.29, 1.82) is 0 Å². The van der Waals surface area contributed by atoms with Crippen LogP contribution in [0, 0.1) is 27.7 Å². The number of aryl methyl sites for hydroxylation is 2. The lowest BCUT2D eigenvalue weighted by atomic mass is 10.2. The lowest BCUT2D eigenvalue weighted by Gasteiger charge is -2.12. The van der Waals surface area contributed by atoms with Gasteiger partial charge in [0.2, 0.25) is 0 Å². The summed E-state index contributed by atoms with van der Waals surface area (Å²) >= 11 is 0. The third-order valence-corrected chi connectivity index (χ3v) is 11.3. The lowest BCUT2D eigenvalue weighted by molar-refractivity contribution is 0.483. The molecule has 10 heteroatoms. The smallest absolute Gasteiger partial charge is 0.140 e. The van der Waals surface area contributed by atoms with E-state index in [0.29, 0.717) is 11.5 Å². The zero-order valence-corrected chi connectivity index (χ0v) is 33.1. The molecule has 10 rings (SSSR count). The van der Waals surface area contributed by atoms with E-state index in [2.05, 4.69) is 68.5 Å². The molecule has 0 spiro atoms. The Balaban J connectivity index is 1.12. The third kappa shape index (κ3) is 5.72. The molecule has 6 aromatic heterocycles. The summed E-state index contributed by atoms with van der Waals surface area (Å²) in [6.07, 6.45) is 3.65. The Bertz CT molecular complexity index is 2970. The maximum absolute atomic E-state index is 6.60. The van der Waals surface area contributed by atoms with Gasteiger partial charge in [-0.25, -0.2) is 19.9 Å². The molecule has 0 atom stereocenters. The molecule has 0 saturated heterocycles. The van der Waals surface area contributed by atoms with Crippen LogP contribution in [0.15, 0.2) is 134 Å². The van der Waals surface area contributed by atoms with Crippen molar-refractivity contribution < 1.29 is 9.47 Å². The zero-order valence-electron chi connectivity index (χ0n) is 33.1. The Kier molecular flexibility index (Phi) is 8.22. The van der Waals surface area contributed by atoms with Crippen LogP contribution < -0.4 is 9.47 Å². The van der Waals surface area contributed by atoms with Crippen molar-refractivity contribution in [3.63, 3.8) is 0 Å². The van der Waals surface area contributed by atoms with Gasteiger partial charge in [0.1, 0.15) is 46.3 Å². The number of ether oxygens (including phenoxy) is 2. The standard InChI is InChI=1S/C48H40N8O2/c1-29-31(3)53(5)47(51-29)33-13-11-15-35(25-33)57-37-19-21-39-41(27-37)55(43-17-7-9-23-49-43)46-40-22-20-38(28-42(40)56(45(39)46)44-18-8-10-24-50-44)58-36-16-12-14-34(26-36)48-52-30(2)32(4)54(48)6/h7-28H,1-6H3. The number of hydrogen-bond acceptors (Lipinski definition) is 6. The van der Waals surface area contributed by atoms with Gasteiger partial charge < -0.3 is 18.6 Å². The number of aromatic nitrogens is 8. The van der Waals surface area contributed by atoms with Gasteiger partial charge in [0.15, 0.2) is 0 Å². The molecule has 0 unspecified atom stereocenters. The second-order valence-corrected chi connectivity index (χ2v) is 14.7. The Labute approximate surface area is 335 Å². The summed E-state index contributed by atoms with van der Waals surface area (Å²) in [5.74, 6) is 6.25. The van der Waals surface area contributed by atoms with E-state index < -0.39 is 0 Å². The largest absolute Gasteiger partial charge is 0.457 e. The number of hydrogen-bond donors (Lipinski definition) is 0. The SMILES string of the molecule is Cc1nc(-c2cccc(Oc3ccc4c(c3)n(-c3ccccn3)c3c5ccc(Oc6cccc(-c7nc(C)c(C)n7C)c6)cc5n(-c5ccccn5)c43)c2)n(C)c1C. The quantitative estimate of drug-likeness (QED) is 0.153. The first-order chi connectivity index (χ1) is 28.2. The van der Waals surface area contributed by atoms with Gasteiger partial charge in [-0.05, 0) is 100 Å². The van der Waals surface area contributed by atoms with E-state index in [-0.39, 0.29) is 0 Å². The normalized spacial score (nSPS) is 11.6. The Morgan fingerprint density at radius 2 is 0.879 bits per heavy atom. The molecule has 0 aliphatic rings. The number of rotatable bonds is 8. The summed E-state index contributed by atoms with van der Waals surface area (Å²) in [5, 5.41) is 2.05. The van der Waals surface area contributed by atoms with Crippen LogP contribution >= 0.6 is 0 Å². The summed E-state index contributed by atoms with van der Waals surface area (Å²) < 4.78 is 21.9. The van der Waals surface area contributed by atoms with Crippen LogP contribution in [0.25, 0.3) is 67.3 Å². The molecule has 0 aliphatic carbocycles. The highest BCUT2D eigenvalue weighted by Gasteiger charge is 2.24. The minimum Gasteiger partial charge on any atom is -0.457 e. The predicted molar refractivity (Wildman–Crippen MR) is 230 cm³/mol. The number of fused-ring (bicyclic) bond motifs is 5. The van der Waals surface area contributed by atoms with E-state index in [9.17, 15) is 0 Å². The van der Waals surface area contributed by atoms with Gasteiger partial charge in [0.25, 0.3) is 0 Å².